The summed E-state index contributed by atoms with van der Waals surface area (Å²) in [4.78, 5) is 2.34. The summed E-state index contributed by atoms with van der Waals surface area (Å²) in [6.45, 7) is 7.37. The Labute approximate surface area is 127 Å². The number of piperidine rings is 1. The van der Waals surface area contributed by atoms with Gasteiger partial charge in [0.25, 0.3) is 0 Å². The van der Waals surface area contributed by atoms with Crippen molar-refractivity contribution < 1.29 is 4.74 Å². The van der Waals surface area contributed by atoms with Gasteiger partial charge in [-0.15, -0.1) is 0 Å². The molecule has 1 aliphatic rings. The van der Waals surface area contributed by atoms with E-state index in [9.17, 15) is 0 Å². The fraction of sp³-hybridized carbons (Fsp3) is 0.625. The van der Waals surface area contributed by atoms with Gasteiger partial charge in [0.15, 0.2) is 0 Å². The van der Waals surface area contributed by atoms with Crippen LogP contribution in [0.2, 0.25) is 5.02 Å². The summed E-state index contributed by atoms with van der Waals surface area (Å²) in [5.41, 5.74) is 1.13. The zero-order valence-corrected chi connectivity index (χ0v) is 13.4. The van der Waals surface area contributed by atoms with E-state index in [0.717, 1.165) is 48.8 Å². The molecule has 1 heterocycles. The predicted octanol–water partition coefficient (Wildman–Crippen LogP) is 3.48. The first-order valence-electron chi connectivity index (χ1n) is 7.48. The van der Waals surface area contributed by atoms with Crippen LogP contribution in [0.1, 0.15) is 38.3 Å². The zero-order chi connectivity index (χ0) is 14.5. The summed E-state index contributed by atoms with van der Waals surface area (Å²) < 4.78 is 6.05. The third-order valence-electron chi connectivity index (χ3n) is 3.92. The van der Waals surface area contributed by atoms with E-state index in [2.05, 4.69) is 37.2 Å². The summed E-state index contributed by atoms with van der Waals surface area (Å²) in [5, 5.41) is 4.16. The van der Waals surface area contributed by atoms with Gasteiger partial charge in [-0.1, -0.05) is 24.6 Å². The molecule has 0 radical (unpaired) electrons. The molecular formula is C16H25ClN2O. The first-order valence-corrected chi connectivity index (χ1v) is 7.86. The van der Waals surface area contributed by atoms with E-state index in [-0.39, 0.29) is 6.04 Å². The van der Waals surface area contributed by atoms with Gasteiger partial charge in [0.05, 0.1) is 0 Å². The van der Waals surface area contributed by atoms with Crippen LogP contribution in [0.5, 0.6) is 5.75 Å². The predicted molar refractivity (Wildman–Crippen MR) is 84.7 cm³/mol. The van der Waals surface area contributed by atoms with Gasteiger partial charge in [0.2, 0.25) is 0 Å². The second-order valence-corrected chi connectivity index (χ2v) is 5.99. The van der Waals surface area contributed by atoms with Crippen molar-refractivity contribution in [1.82, 2.24) is 10.2 Å². The molecule has 1 unspecified atom stereocenters. The minimum Gasteiger partial charge on any atom is -0.490 e. The molecule has 1 fully saturated rings. The van der Waals surface area contributed by atoms with Crippen LogP contribution in [0.15, 0.2) is 18.2 Å². The standard InChI is InChI=1S/C16H25ClN2O/c1-4-18-12(2)15-6-5-14(11-16(15)17)20-13-7-9-19(3)10-8-13/h5-6,11-13,18H,4,7-10H2,1-3H3. The fourth-order valence-corrected chi connectivity index (χ4v) is 2.98. The van der Waals surface area contributed by atoms with Gasteiger partial charge in [0, 0.05) is 24.2 Å². The molecule has 112 valence electrons. The van der Waals surface area contributed by atoms with Gasteiger partial charge in [-0.25, -0.2) is 0 Å². The number of nitrogens with zero attached hydrogens (tertiary/aromatic N) is 1. The lowest BCUT2D eigenvalue weighted by molar-refractivity contribution is 0.114. The normalized spacial score (nSPS) is 19.0. The molecule has 0 bridgehead atoms. The molecule has 0 aliphatic carbocycles. The van der Waals surface area contributed by atoms with E-state index < -0.39 is 0 Å². The molecule has 0 spiro atoms. The largest absolute Gasteiger partial charge is 0.490 e. The topological polar surface area (TPSA) is 24.5 Å². The minimum absolute atomic E-state index is 0.268. The van der Waals surface area contributed by atoms with Crippen molar-refractivity contribution in [3.63, 3.8) is 0 Å². The van der Waals surface area contributed by atoms with Crippen molar-refractivity contribution in [2.24, 2.45) is 0 Å². The Kier molecular flexibility index (Phi) is 5.70. The lowest BCUT2D eigenvalue weighted by atomic mass is 10.1. The van der Waals surface area contributed by atoms with E-state index in [1.54, 1.807) is 0 Å². The van der Waals surface area contributed by atoms with Gasteiger partial charge >= 0.3 is 0 Å². The molecule has 1 aliphatic heterocycles. The minimum atomic E-state index is 0.268. The van der Waals surface area contributed by atoms with Crippen LogP contribution in [0.3, 0.4) is 0 Å². The van der Waals surface area contributed by atoms with Gasteiger partial charge in [-0.05, 0) is 51.1 Å². The first kappa shape index (κ1) is 15.6. The fourth-order valence-electron chi connectivity index (χ4n) is 2.64. The highest BCUT2D eigenvalue weighted by molar-refractivity contribution is 6.31. The van der Waals surface area contributed by atoms with E-state index in [4.69, 9.17) is 16.3 Å². The second-order valence-electron chi connectivity index (χ2n) is 5.58. The zero-order valence-electron chi connectivity index (χ0n) is 12.7. The average molecular weight is 297 g/mol. The van der Waals surface area contributed by atoms with Crippen molar-refractivity contribution in [1.29, 1.82) is 0 Å². The smallest absolute Gasteiger partial charge is 0.121 e. The number of benzene rings is 1. The molecule has 4 heteroatoms. The molecule has 2 rings (SSSR count). The Bertz CT molecular complexity index is 430. The van der Waals surface area contributed by atoms with Crippen molar-refractivity contribution in [2.45, 2.75) is 38.8 Å². The van der Waals surface area contributed by atoms with Crippen LogP contribution in [0.25, 0.3) is 0 Å². The molecule has 1 aromatic carbocycles. The number of likely N-dealkylation sites (tertiary alicyclic amines) is 1. The Morgan fingerprint density at radius 2 is 2.10 bits per heavy atom. The van der Waals surface area contributed by atoms with Crippen LogP contribution in [0, 0.1) is 0 Å². The van der Waals surface area contributed by atoms with E-state index in [1.807, 2.05) is 12.1 Å². The monoisotopic (exact) mass is 296 g/mol. The third kappa shape index (κ3) is 4.11. The second kappa shape index (κ2) is 7.30. The van der Waals surface area contributed by atoms with Crippen LogP contribution >= 0.6 is 11.6 Å². The highest BCUT2D eigenvalue weighted by Crippen LogP contribution is 2.28. The SMILES string of the molecule is CCNC(C)c1ccc(OC2CCN(C)CC2)cc1Cl. The van der Waals surface area contributed by atoms with Crippen molar-refractivity contribution >= 4 is 11.6 Å². The molecule has 1 atom stereocenters. The summed E-state index contributed by atoms with van der Waals surface area (Å²) in [5.74, 6) is 0.886. The molecule has 0 amide bonds. The van der Waals surface area contributed by atoms with Crippen molar-refractivity contribution in [2.75, 3.05) is 26.7 Å². The lowest BCUT2D eigenvalue weighted by Gasteiger charge is -2.29. The number of ether oxygens (including phenoxy) is 1. The molecule has 1 N–H and O–H groups in total. The van der Waals surface area contributed by atoms with Crippen LogP contribution < -0.4 is 10.1 Å². The summed E-state index contributed by atoms with van der Waals surface area (Å²) in [6.07, 6.45) is 2.49. The molecule has 20 heavy (non-hydrogen) atoms. The van der Waals surface area contributed by atoms with Crippen molar-refractivity contribution in [3.8, 4) is 5.75 Å². The van der Waals surface area contributed by atoms with Crippen LogP contribution in [-0.2, 0) is 0 Å². The maximum absolute atomic E-state index is 6.37. The summed E-state index contributed by atoms with van der Waals surface area (Å²) in [6, 6.07) is 6.32. The average Bonchev–Trinajstić information content (AvgIpc) is 2.42. The Morgan fingerprint density at radius 3 is 2.70 bits per heavy atom. The molecule has 1 aromatic rings. The third-order valence-corrected chi connectivity index (χ3v) is 4.24. The van der Waals surface area contributed by atoms with Gasteiger partial charge in [0.1, 0.15) is 11.9 Å². The van der Waals surface area contributed by atoms with E-state index in [0.29, 0.717) is 6.10 Å². The molecular weight excluding hydrogens is 272 g/mol. The summed E-state index contributed by atoms with van der Waals surface area (Å²) >= 11 is 6.37. The van der Waals surface area contributed by atoms with Crippen molar-refractivity contribution in [3.05, 3.63) is 28.8 Å². The van der Waals surface area contributed by atoms with Crippen LogP contribution in [-0.4, -0.2) is 37.7 Å². The maximum atomic E-state index is 6.37. The molecule has 3 nitrogen and oxygen atoms in total. The highest BCUT2D eigenvalue weighted by atomic mass is 35.5. The lowest BCUT2D eigenvalue weighted by Crippen LogP contribution is -2.35. The molecule has 0 aromatic heterocycles. The number of rotatable bonds is 5. The summed E-state index contributed by atoms with van der Waals surface area (Å²) in [7, 11) is 2.16. The number of hydrogen-bond acceptors (Lipinski definition) is 3. The highest BCUT2D eigenvalue weighted by Gasteiger charge is 2.18. The van der Waals surface area contributed by atoms with Crippen LogP contribution in [0.4, 0.5) is 0 Å². The Balaban J connectivity index is 1.98. The number of nitrogens with one attached hydrogen (secondary N) is 1. The number of hydrogen-bond donors (Lipinski definition) is 1. The quantitative estimate of drug-likeness (QED) is 0.900. The maximum Gasteiger partial charge on any atom is 0.121 e. The Morgan fingerprint density at radius 1 is 1.40 bits per heavy atom. The molecule has 0 saturated carbocycles. The van der Waals surface area contributed by atoms with Gasteiger partial charge in [-0.3, -0.25) is 0 Å². The van der Waals surface area contributed by atoms with E-state index in [1.165, 1.54) is 0 Å². The molecule has 1 saturated heterocycles. The first-order chi connectivity index (χ1) is 9.60. The van der Waals surface area contributed by atoms with Gasteiger partial charge in [-0.2, -0.15) is 0 Å². The van der Waals surface area contributed by atoms with E-state index >= 15 is 0 Å². The van der Waals surface area contributed by atoms with Gasteiger partial charge < -0.3 is 15.0 Å². The Hall–Kier alpha value is -0.770. The number of halogens is 1.